The van der Waals surface area contributed by atoms with E-state index in [0.29, 0.717) is 6.42 Å². The van der Waals surface area contributed by atoms with Crippen LogP contribution in [0.3, 0.4) is 0 Å². The molecule has 0 atom stereocenters. The van der Waals surface area contributed by atoms with Crippen molar-refractivity contribution in [1.29, 1.82) is 0 Å². The highest BCUT2D eigenvalue weighted by Gasteiger charge is 1.97. The molecule has 0 saturated carbocycles. The Labute approximate surface area is 160 Å². The van der Waals surface area contributed by atoms with E-state index in [-0.39, 0.29) is 0 Å². The second kappa shape index (κ2) is 19.2. The van der Waals surface area contributed by atoms with E-state index >= 15 is 0 Å². The van der Waals surface area contributed by atoms with Gasteiger partial charge in [-0.15, -0.1) is 12.6 Å². The minimum Gasteiger partial charge on any atom is -0.481 e. The van der Waals surface area contributed by atoms with Gasteiger partial charge in [-0.2, -0.15) is 0 Å². The van der Waals surface area contributed by atoms with Gasteiger partial charge in [0.2, 0.25) is 0 Å². The van der Waals surface area contributed by atoms with Gasteiger partial charge in [-0.05, 0) is 19.3 Å². The Morgan fingerprint density at radius 1 is 0.583 bits per heavy atom. The summed E-state index contributed by atoms with van der Waals surface area (Å²) < 4.78 is 0.855. The predicted octanol–water partition coefficient (Wildman–Crippen LogP) is 7.35. The monoisotopic (exact) mass is 374 g/mol. The normalized spacial score (nSPS) is 10.9. The highest BCUT2D eigenvalue weighted by atomic mass is 32.1. The topological polar surface area (TPSA) is 37.3 Å². The molecule has 0 aromatic rings. The van der Waals surface area contributed by atoms with Crippen LogP contribution in [-0.4, -0.2) is 15.3 Å². The van der Waals surface area contributed by atoms with Crippen molar-refractivity contribution >= 4 is 35.0 Å². The molecular weight excluding hydrogens is 336 g/mol. The second-order valence-electron chi connectivity index (χ2n) is 6.94. The number of hydrogen-bond donors (Lipinski definition) is 2. The van der Waals surface area contributed by atoms with Crippen LogP contribution in [0, 0.1) is 0 Å². The number of thiol groups is 1. The molecule has 0 aliphatic carbocycles. The number of unbranched alkanes of at least 4 members (excludes halogenated alkanes) is 15. The van der Waals surface area contributed by atoms with Crippen LogP contribution in [0.1, 0.15) is 116 Å². The van der Waals surface area contributed by atoms with Crippen LogP contribution in [0.5, 0.6) is 0 Å². The van der Waals surface area contributed by atoms with Gasteiger partial charge in [0.05, 0.1) is 0 Å². The lowest BCUT2D eigenvalue weighted by molar-refractivity contribution is -0.137. The molecule has 142 valence electrons. The highest BCUT2D eigenvalue weighted by molar-refractivity contribution is 8.11. The van der Waals surface area contributed by atoms with Gasteiger partial charge in [0.15, 0.2) is 0 Å². The third kappa shape index (κ3) is 21.9. The molecule has 0 rings (SSSR count). The largest absolute Gasteiger partial charge is 0.481 e. The molecule has 0 heterocycles. The van der Waals surface area contributed by atoms with Crippen LogP contribution in [0.2, 0.25) is 0 Å². The number of carbonyl (C=O) groups is 1. The molecular formula is C20H38O2S2. The minimum atomic E-state index is -0.659. The lowest BCUT2D eigenvalue weighted by Gasteiger charge is -2.03. The number of carboxylic acids is 1. The van der Waals surface area contributed by atoms with E-state index in [2.05, 4.69) is 12.6 Å². The lowest BCUT2D eigenvalue weighted by Crippen LogP contribution is -1.93. The molecule has 0 aliphatic heterocycles. The Morgan fingerprint density at radius 2 is 0.833 bits per heavy atom. The minimum absolute atomic E-state index is 0.337. The molecule has 0 aliphatic rings. The van der Waals surface area contributed by atoms with Gasteiger partial charge in [-0.3, -0.25) is 4.79 Å². The molecule has 0 unspecified atom stereocenters. The van der Waals surface area contributed by atoms with E-state index in [1.165, 1.54) is 89.9 Å². The van der Waals surface area contributed by atoms with E-state index in [1.807, 2.05) is 0 Å². The summed E-state index contributed by atoms with van der Waals surface area (Å²) in [6.07, 6.45) is 22.0. The summed E-state index contributed by atoms with van der Waals surface area (Å²) >= 11 is 9.11. The summed E-state index contributed by atoms with van der Waals surface area (Å²) in [5.41, 5.74) is 0. The van der Waals surface area contributed by atoms with Crippen molar-refractivity contribution in [3.05, 3.63) is 0 Å². The Balaban J connectivity index is 3.00. The zero-order valence-electron chi connectivity index (χ0n) is 15.4. The Morgan fingerprint density at radius 3 is 1.08 bits per heavy atom. The quantitative estimate of drug-likeness (QED) is 0.141. The molecule has 0 aromatic heterocycles. The summed E-state index contributed by atoms with van der Waals surface area (Å²) in [4.78, 5) is 10.4. The average Bonchev–Trinajstić information content (AvgIpc) is 2.53. The first-order valence-electron chi connectivity index (χ1n) is 10.1. The van der Waals surface area contributed by atoms with Crippen LogP contribution in [0.4, 0.5) is 0 Å². The van der Waals surface area contributed by atoms with Gasteiger partial charge in [-0.1, -0.05) is 102 Å². The number of carboxylic acid groups (broad SMARTS) is 1. The van der Waals surface area contributed by atoms with Crippen molar-refractivity contribution in [3.8, 4) is 0 Å². The van der Waals surface area contributed by atoms with Crippen molar-refractivity contribution < 1.29 is 9.90 Å². The molecule has 0 spiro atoms. The van der Waals surface area contributed by atoms with Gasteiger partial charge in [0.1, 0.15) is 0 Å². The summed E-state index contributed by atoms with van der Waals surface area (Å²) in [7, 11) is 0. The number of hydrogen-bond acceptors (Lipinski definition) is 2. The van der Waals surface area contributed by atoms with Crippen molar-refractivity contribution in [3.63, 3.8) is 0 Å². The molecule has 0 aromatic carbocycles. The zero-order valence-corrected chi connectivity index (χ0v) is 17.1. The second-order valence-corrected chi connectivity index (χ2v) is 8.28. The maximum absolute atomic E-state index is 10.4. The molecule has 0 amide bonds. The van der Waals surface area contributed by atoms with E-state index in [0.717, 1.165) is 23.5 Å². The lowest BCUT2D eigenvalue weighted by atomic mass is 10.0. The van der Waals surface area contributed by atoms with Crippen LogP contribution >= 0.6 is 24.8 Å². The van der Waals surface area contributed by atoms with Crippen LogP contribution in [0.15, 0.2) is 0 Å². The van der Waals surface area contributed by atoms with Crippen LogP contribution in [0.25, 0.3) is 0 Å². The summed E-state index contributed by atoms with van der Waals surface area (Å²) in [5.74, 6) is -0.659. The van der Waals surface area contributed by atoms with Gasteiger partial charge < -0.3 is 5.11 Å². The van der Waals surface area contributed by atoms with Crippen molar-refractivity contribution in [2.45, 2.75) is 116 Å². The van der Waals surface area contributed by atoms with Crippen molar-refractivity contribution in [2.75, 3.05) is 0 Å². The van der Waals surface area contributed by atoms with Gasteiger partial charge >= 0.3 is 5.97 Å². The van der Waals surface area contributed by atoms with Crippen molar-refractivity contribution in [2.24, 2.45) is 0 Å². The van der Waals surface area contributed by atoms with E-state index in [9.17, 15) is 4.79 Å². The van der Waals surface area contributed by atoms with E-state index < -0.39 is 5.97 Å². The standard InChI is InChI=1S/C20H38O2S2/c21-19(22)17-15-13-11-9-7-5-3-1-2-4-6-8-10-12-14-16-18-20(23)24/h1-18H2,(H,21,22)(H,23,24). The van der Waals surface area contributed by atoms with Crippen LogP contribution < -0.4 is 0 Å². The number of aliphatic carboxylic acids is 1. The van der Waals surface area contributed by atoms with Gasteiger partial charge in [-0.25, -0.2) is 0 Å². The first kappa shape index (κ1) is 23.9. The van der Waals surface area contributed by atoms with Gasteiger partial charge in [0, 0.05) is 10.6 Å². The molecule has 2 nitrogen and oxygen atoms in total. The molecule has 24 heavy (non-hydrogen) atoms. The highest BCUT2D eigenvalue weighted by Crippen LogP contribution is 2.14. The third-order valence-electron chi connectivity index (χ3n) is 4.53. The summed E-state index contributed by atoms with van der Waals surface area (Å²) in [5, 5.41) is 8.55. The Kier molecular flexibility index (Phi) is 19.2. The first-order valence-corrected chi connectivity index (χ1v) is 10.9. The number of rotatable bonds is 19. The molecule has 4 heteroatoms. The predicted molar refractivity (Wildman–Crippen MR) is 112 cm³/mol. The van der Waals surface area contributed by atoms with E-state index in [1.54, 1.807) is 0 Å². The van der Waals surface area contributed by atoms with Gasteiger partial charge in [0.25, 0.3) is 0 Å². The summed E-state index contributed by atoms with van der Waals surface area (Å²) in [6, 6.07) is 0. The Bertz CT molecular complexity index is 276. The zero-order chi connectivity index (χ0) is 17.9. The molecule has 1 N–H and O–H groups in total. The summed E-state index contributed by atoms with van der Waals surface area (Å²) in [6.45, 7) is 0. The maximum Gasteiger partial charge on any atom is 0.303 e. The molecule has 0 fully saturated rings. The van der Waals surface area contributed by atoms with Crippen LogP contribution in [-0.2, 0) is 4.79 Å². The van der Waals surface area contributed by atoms with E-state index in [4.69, 9.17) is 17.3 Å². The third-order valence-corrected chi connectivity index (χ3v) is 4.96. The number of thiocarbonyl (C=S) groups is 1. The molecule has 0 bridgehead atoms. The fourth-order valence-corrected chi connectivity index (χ4v) is 3.33. The average molecular weight is 375 g/mol. The Hall–Kier alpha value is -0.0900. The van der Waals surface area contributed by atoms with Crippen molar-refractivity contribution in [1.82, 2.24) is 0 Å². The fourth-order valence-electron chi connectivity index (χ4n) is 3.03. The smallest absolute Gasteiger partial charge is 0.303 e. The molecule has 0 radical (unpaired) electrons. The SMILES string of the molecule is O=C(O)CCCCCCCCCCCCCCCCCCC(=S)S. The fraction of sp³-hybridized carbons (Fsp3) is 0.900. The maximum atomic E-state index is 10.4. The first-order chi connectivity index (χ1) is 11.6. The molecule has 0 saturated heterocycles.